The fourth-order valence-electron chi connectivity index (χ4n) is 1.30. The molecule has 0 saturated carbocycles. The molecule has 2 heterocycles. The standard InChI is InChI=1S/C6H8N2O/c1-7-5-3-2-4-8(5)6(7)9/h2-3,5H,4H2,1H3. The molecule has 1 saturated heterocycles. The van der Waals surface area contributed by atoms with E-state index in [1.807, 2.05) is 24.1 Å². The molecule has 0 N–H and O–H groups in total. The van der Waals surface area contributed by atoms with Crippen molar-refractivity contribution in [2.24, 2.45) is 0 Å². The van der Waals surface area contributed by atoms with E-state index in [9.17, 15) is 4.79 Å². The van der Waals surface area contributed by atoms with Crippen molar-refractivity contribution in [3.63, 3.8) is 0 Å². The number of fused-ring (bicyclic) bond motifs is 1. The Morgan fingerprint density at radius 3 is 3.22 bits per heavy atom. The summed E-state index contributed by atoms with van der Waals surface area (Å²) in [7, 11) is 1.82. The van der Waals surface area contributed by atoms with E-state index in [2.05, 4.69) is 0 Å². The maximum atomic E-state index is 10.9. The van der Waals surface area contributed by atoms with Crippen LogP contribution in [0, 0.1) is 0 Å². The largest absolute Gasteiger partial charge is 0.323 e. The van der Waals surface area contributed by atoms with Crippen LogP contribution in [0.4, 0.5) is 4.79 Å². The summed E-state index contributed by atoms with van der Waals surface area (Å²) in [6.07, 6.45) is 4.34. The molecular weight excluding hydrogens is 116 g/mol. The topological polar surface area (TPSA) is 23.6 Å². The predicted molar refractivity (Wildman–Crippen MR) is 32.8 cm³/mol. The molecule has 0 aromatic heterocycles. The van der Waals surface area contributed by atoms with Crippen LogP contribution in [-0.2, 0) is 0 Å². The number of likely N-dealkylation sites (N-methyl/N-ethyl adjacent to an activating group) is 1. The van der Waals surface area contributed by atoms with E-state index in [0.717, 1.165) is 6.54 Å². The van der Waals surface area contributed by atoms with E-state index < -0.39 is 0 Å². The van der Waals surface area contributed by atoms with Gasteiger partial charge in [-0.2, -0.15) is 0 Å². The Morgan fingerprint density at radius 1 is 1.78 bits per heavy atom. The van der Waals surface area contributed by atoms with Gasteiger partial charge < -0.3 is 4.90 Å². The van der Waals surface area contributed by atoms with E-state index >= 15 is 0 Å². The minimum Gasteiger partial charge on any atom is -0.303 e. The van der Waals surface area contributed by atoms with Crippen molar-refractivity contribution in [1.82, 2.24) is 9.80 Å². The fraction of sp³-hybridized carbons (Fsp3) is 0.500. The van der Waals surface area contributed by atoms with Gasteiger partial charge in [-0.05, 0) is 6.08 Å². The molecule has 3 heteroatoms. The molecular formula is C6H8N2O. The van der Waals surface area contributed by atoms with Gasteiger partial charge in [0.2, 0.25) is 0 Å². The second kappa shape index (κ2) is 1.29. The van der Waals surface area contributed by atoms with Crippen LogP contribution in [0.15, 0.2) is 12.2 Å². The van der Waals surface area contributed by atoms with E-state index in [0.29, 0.717) is 0 Å². The lowest BCUT2D eigenvalue weighted by Gasteiger charge is -2.43. The first-order valence-electron chi connectivity index (χ1n) is 3.01. The number of urea groups is 1. The molecule has 0 bridgehead atoms. The third kappa shape index (κ3) is 0.399. The van der Waals surface area contributed by atoms with Crippen molar-refractivity contribution in [3.8, 4) is 0 Å². The molecule has 9 heavy (non-hydrogen) atoms. The van der Waals surface area contributed by atoms with Crippen molar-refractivity contribution in [2.45, 2.75) is 6.17 Å². The van der Waals surface area contributed by atoms with Crippen LogP contribution in [-0.4, -0.2) is 35.6 Å². The number of carbonyl (C=O) groups excluding carboxylic acids is 1. The van der Waals surface area contributed by atoms with E-state index in [4.69, 9.17) is 0 Å². The first-order valence-corrected chi connectivity index (χ1v) is 3.01. The Morgan fingerprint density at radius 2 is 2.56 bits per heavy atom. The quantitative estimate of drug-likeness (QED) is 0.424. The third-order valence-electron chi connectivity index (χ3n) is 1.87. The second-order valence-electron chi connectivity index (χ2n) is 2.39. The molecule has 1 fully saturated rings. The van der Waals surface area contributed by atoms with Gasteiger partial charge in [0.1, 0.15) is 6.17 Å². The summed E-state index contributed by atoms with van der Waals surface area (Å²) in [4.78, 5) is 14.4. The van der Waals surface area contributed by atoms with Crippen LogP contribution >= 0.6 is 0 Å². The molecule has 2 aliphatic rings. The smallest absolute Gasteiger partial charge is 0.303 e. The first-order chi connectivity index (χ1) is 4.30. The molecule has 0 spiro atoms. The molecule has 0 radical (unpaired) electrons. The molecule has 0 aliphatic carbocycles. The Bertz CT molecular complexity index is 187. The zero-order chi connectivity index (χ0) is 6.43. The third-order valence-corrected chi connectivity index (χ3v) is 1.87. The lowest BCUT2D eigenvalue weighted by Crippen LogP contribution is -2.62. The average Bonchev–Trinajstić information content (AvgIpc) is 2.30. The van der Waals surface area contributed by atoms with Gasteiger partial charge >= 0.3 is 6.03 Å². The summed E-state index contributed by atoms with van der Waals surface area (Å²) in [5.74, 6) is 0. The van der Waals surface area contributed by atoms with Gasteiger partial charge in [-0.1, -0.05) is 6.08 Å². The molecule has 3 nitrogen and oxygen atoms in total. The normalized spacial score (nSPS) is 30.8. The fourth-order valence-corrected chi connectivity index (χ4v) is 1.30. The lowest BCUT2D eigenvalue weighted by molar-refractivity contribution is 0.0519. The van der Waals surface area contributed by atoms with Crippen LogP contribution in [0.25, 0.3) is 0 Å². The van der Waals surface area contributed by atoms with E-state index in [1.165, 1.54) is 0 Å². The summed E-state index contributed by atoms with van der Waals surface area (Å²) in [5.41, 5.74) is 0. The number of nitrogens with zero attached hydrogens (tertiary/aromatic N) is 2. The van der Waals surface area contributed by atoms with Crippen LogP contribution < -0.4 is 0 Å². The number of hydrogen-bond acceptors (Lipinski definition) is 1. The summed E-state index contributed by atoms with van der Waals surface area (Å²) >= 11 is 0. The van der Waals surface area contributed by atoms with Crippen LogP contribution in [0.2, 0.25) is 0 Å². The zero-order valence-corrected chi connectivity index (χ0v) is 5.24. The monoisotopic (exact) mass is 124 g/mol. The van der Waals surface area contributed by atoms with Crippen molar-refractivity contribution in [1.29, 1.82) is 0 Å². The van der Waals surface area contributed by atoms with E-state index in [-0.39, 0.29) is 12.2 Å². The Labute approximate surface area is 53.5 Å². The van der Waals surface area contributed by atoms with Gasteiger partial charge in [0, 0.05) is 13.6 Å². The van der Waals surface area contributed by atoms with Crippen molar-refractivity contribution in [2.75, 3.05) is 13.6 Å². The molecule has 2 amide bonds. The second-order valence-corrected chi connectivity index (χ2v) is 2.39. The highest BCUT2D eigenvalue weighted by molar-refractivity contribution is 5.82. The number of carbonyl (C=O) groups is 1. The highest BCUT2D eigenvalue weighted by Crippen LogP contribution is 2.24. The maximum Gasteiger partial charge on any atom is 0.323 e. The molecule has 48 valence electrons. The summed E-state index contributed by atoms with van der Waals surface area (Å²) in [6.45, 7) is 0.799. The van der Waals surface area contributed by atoms with Gasteiger partial charge in [0.25, 0.3) is 0 Å². The van der Waals surface area contributed by atoms with Gasteiger partial charge in [-0.15, -0.1) is 0 Å². The number of rotatable bonds is 0. The van der Waals surface area contributed by atoms with Crippen molar-refractivity contribution in [3.05, 3.63) is 12.2 Å². The van der Waals surface area contributed by atoms with Gasteiger partial charge in [-0.3, -0.25) is 4.90 Å². The Kier molecular flexibility index (Phi) is 0.695. The SMILES string of the molecule is CN1C(=O)N2CC=CC12. The maximum absolute atomic E-state index is 10.9. The van der Waals surface area contributed by atoms with Crippen molar-refractivity contribution < 1.29 is 4.79 Å². The number of hydrogen-bond donors (Lipinski definition) is 0. The van der Waals surface area contributed by atoms with Crippen LogP contribution in [0.5, 0.6) is 0 Å². The van der Waals surface area contributed by atoms with Gasteiger partial charge in [0.05, 0.1) is 0 Å². The van der Waals surface area contributed by atoms with Crippen LogP contribution in [0.1, 0.15) is 0 Å². The zero-order valence-electron chi connectivity index (χ0n) is 5.24. The molecule has 2 rings (SSSR count). The molecule has 0 aromatic carbocycles. The summed E-state index contributed by atoms with van der Waals surface area (Å²) in [5, 5.41) is 0. The minimum absolute atomic E-state index is 0.144. The average molecular weight is 124 g/mol. The molecule has 0 aromatic rings. The lowest BCUT2D eigenvalue weighted by atomic mass is 10.3. The molecule has 2 aliphatic heterocycles. The van der Waals surface area contributed by atoms with Gasteiger partial charge in [-0.25, -0.2) is 4.79 Å². The Balaban J connectivity index is 2.21. The highest BCUT2D eigenvalue weighted by Gasteiger charge is 2.41. The summed E-state index contributed by atoms with van der Waals surface area (Å²) in [6, 6.07) is 0.144. The molecule has 1 unspecified atom stereocenters. The first kappa shape index (κ1) is 4.85. The minimum atomic E-state index is 0.144. The number of amides is 2. The van der Waals surface area contributed by atoms with E-state index in [1.54, 1.807) is 4.90 Å². The van der Waals surface area contributed by atoms with Gasteiger partial charge in [0.15, 0.2) is 0 Å². The predicted octanol–water partition coefficient (Wildman–Crippen LogP) is 0.250. The summed E-state index contributed by atoms with van der Waals surface area (Å²) < 4.78 is 0. The highest BCUT2D eigenvalue weighted by atomic mass is 16.2. The molecule has 1 atom stereocenters. The van der Waals surface area contributed by atoms with Crippen LogP contribution in [0.3, 0.4) is 0 Å². The Hall–Kier alpha value is -0.990. The van der Waals surface area contributed by atoms with Crippen molar-refractivity contribution >= 4 is 6.03 Å².